The van der Waals surface area contributed by atoms with Gasteiger partial charge in [-0.25, -0.2) is 4.98 Å². The molecule has 2 aromatic rings. The number of amides is 1. The van der Waals surface area contributed by atoms with Crippen molar-refractivity contribution in [3.8, 4) is 0 Å². The predicted molar refractivity (Wildman–Crippen MR) is 144 cm³/mol. The molecule has 0 unspecified atom stereocenters. The van der Waals surface area contributed by atoms with Crippen LogP contribution in [0.3, 0.4) is 0 Å². The van der Waals surface area contributed by atoms with E-state index in [9.17, 15) is 19.8 Å². The van der Waals surface area contributed by atoms with Crippen LogP contribution in [-0.2, 0) is 14.3 Å². The molecule has 4 rings (SSSR count). The standard InChI is InChI=1S/C30H42N2O6/c1-7-9-20-27(35)17(2)10-8-13-30(6)25(38-30)15-21(19-11-12-23-22(14-19)31-18(3)37-23)32-26(34)16-24(33)29(4,5)28(20)36/h7,11-12,14,17,20-21,24-25,27,33,35H,1,8-10,13,15-16H2,2-6H3,(H,32,34)/t17-,20+,21+,24-,25+,27-,30-/m0/s1. The van der Waals surface area contributed by atoms with Crippen LogP contribution in [0.5, 0.6) is 0 Å². The number of ether oxygens (including phenoxy) is 1. The van der Waals surface area contributed by atoms with Crippen LogP contribution < -0.4 is 5.32 Å². The lowest BCUT2D eigenvalue weighted by molar-refractivity contribution is -0.144. The molecular weight excluding hydrogens is 484 g/mol. The highest BCUT2D eigenvalue weighted by molar-refractivity contribution is 5.88. The Morgan fingerprint density at radius 3 is 2.68 bits per heavy atom. The summed E-state index contributed by atoms with van der Waals surface area (Å²) < 4.78 is 11.8. The molecule has 3 heterocycles. The Morgan fingerprint density at radius 1 is 1.24 bits per heavy atom. The highest BCUT2D eigenvalue weighted by Gasteiger charge is 2.52. The fourth-order valence-corrected chi connectivity index (χ4v) is 5.83. The van der Waals surface area contributed by atoms with E-state index in [1.807, 2.05) is 25.1 Å². The molecule has 8 nitrogen and oxygen atoms in total. The number of carbonyl (C=O) groups excluding carboxylic acids is 2. The third-order valence-corrected chi connectivity index (χ3v) is 8.67. The van der Waals surface area contributed by atoms with Gasteiger partial charge in [0.2, 0.25) is 5.91 Å². The van der Waals surface area contributed by atoms with Crippen molar-refractivity contribution in [2.24, 2.45) is 17.3 Å². The number of aliphatic hydroxyl groups is 2. The van der Waals surface area contributed by atoms with Gasteiger partial charge < -0.3 is 24.7 Å². The number of benzene rings is 1. The number of Topliss-reactive ketones (excluding diaryl/α,β-unsaturated/α-hetero) is 1. The lowest BCUT2D eigenvalue weighted by atomic mass is 9.71. The number of ketones is 1. The van der Waals surface area contributed by atoms with Gasteiger partial charge in [-0.3, -0.25) is 9.59 Å². The summed E-state index contributed by atoms with van der Waals surface area (Å²) in [7, 11) is 0. The molecule has 2 aliphatic rings. The quantitative estimate of drug-likeness (QED) is 0.395. The van der Waals surface area contributed by atoms with Crippen LogP contribution in [0.15, 0.2) is 35.3 Å². The average molecular weight is 527 g/mol. The van der Waals surface area contributed by atoms with Crippen molar-refractivity contribution in [1.82, 2.24) is 10.3 Å². The number of hydrogen-bond donors (Lipinski definition) is 3. The maximum absolute atomic E-state index is 13.6. The molecule has 1 aromatic carbocycles. The molecule has 0 bridgehead atoms. The first-order valence-corrected chi connectivity index (χ1v) is 13.7. The number of carbonyl (C=O) groups is 2. The topological polar surface area (TPSA) is 125 Å². The van der Waals surface area contributed by atoms with Gasteiger partial charge in [-0.05, 0) is 49.8 Å². The van der Waals surface area contributed by atoms with Gasteiger partial charge in [0.25, 0.3) is 0 Å². The van der Waals surface area contributed by atoms with Gasteiger partial charge in [0.05, 0.1) is 41.8 Å². The highest BCUT2D eigenvalue weighted by atomic mass is 16.6. The number of rotatable bonds is 3. The summed E-state index contributed by atoms with van der Waals surface area (Å²) in [5.74, 6) is -0.858. The molecule has 1 amide bonds. The molecule has 208 valence electrons. The Balaban J connectivity index is 1.63. The van der Waals surface area contributed by atoms with E-state index in [0.29, 0.717) is 29.8 Å². The van der Waals surface area contributed by atoms with Crippen LogP contribution in [0.2, 0.25) is 0 Å². The minimum atomic E-state index is -1.23. The second kappa shape index (κ2) is 10.9. The lowest BCUT2D eigenvalue weighted by Gasteiger charge is -2.36. The van der Waals surface area contributed by atoms with E-state index >= 15 is 0 Å². The first-order valence-electron chi connectivity index (χ1n) is 13.7. The number of aromatic nitrogens is 1. The molecule has 1 aromatic heterocycles. The normalized spacial score (nSPS) is 34.9. The van der Waals surface area contributed by atoms with Crippen molar-refractivity contribution in [2.75, 3.05) is 0 Å². The monoisotopic (exact) mass is 526 g/mol. The number of nitrogens with one attached hydrogen (secondary N) is 1. The number of aliphatic hydroxyl groups excluding tert-OH is 2. The SMILES string of the molecule is C=CC[C@H]1C(=O)C(C)(C)[C@@H](O)CC(=O)N[C@@H](c2ccc3oc(C)nc3c2)C[C@H]2O[C@@]2(C)CCC[C@H](C)[C@@H]1O. The van der Waals surface area contributed by atoms with Gasteiger partial charge in [0.15, 0.2) is 11.5 Å². The Labute approximate surface area is 224 Å². The fraction of sp³-hybridized carbons (Fsp3) is 0.633. The van der Waals surface area contributed by atoms with Gasteiger partial charge >= 0.3 is 0 Å². The molecule has 7 atom stereocenters. The molecule has 2 fully saturated rings. The zero-order valence-electron chi connectivity index (χ0n) is 23.2. The van der Waals surface area contributed by atoms with Crippen molar-refractivity contribution in [2.45, 2.75) is 103 Å². The number of aryl methyl sites for hydroxylation is 1. The van der Waals surface area contributed by atoms with Crippen molar-refractivity contribution in [3.05, 3.63) is 42.3 Å². The summed E-state index contributed by atoms with van der Waals surface area (Å²) in [5.41, 5.74) is 0.739. The second-order valence-electron chi connectivity index (χ2n) is 12.0. The number of oxazole rings is 1. The molecule has 0 spiro atoms. The molecule has 0 radical (unpaired) electrons. The molecule has 38 heavy (non-hydrogen) atoms. The molecule has 2 aliphatic heterocycles. The summed E-state index contributed by atoms with van der Waals surface area (Å²) in [6, 6.07) is 5.33. The van der Waals surface area contributed by atoms with E-state index in [1.54, 1.807) is 26.8 Å². The lowest BCUT2D eigenvalue weighted by Crippen LogP contribution is -2.47. The Bertz CT molecular complexity index is 1190. The number of epoxide rings is 1. The first-order chi connectivity index (χ1) is 17.9. The number of fused-ring (bicyclic) bond motifs is 2. The summed E-state index contributed by atoms with van der Waals surface area (Å²) in [6.07, 6.45) is 2.56. The minimum absolute atomic E-state index is 0.0351. The van der Waals surface area contributed by atoms with E-state index in [2.05, 4.69) is 23.8 Å². The Morgan fingerprint density at radius 2 is 1.97 bits per heavy atom. The first kappa shape index (κ1) is 28.5. The smallest absolute Gasteiger partial charge is 0.223 e. The molecule has 3 N–H and O–H groups in total. The van der Waals surface area contributed by atoms with Gasteiger partial charge in [-0.15, -0.1) is 6.58 Å². The van der Waals surface area contributed by atoms with Gasteiger partial charge in [0, 0.05) is 19.3 Å². The maximum Gasteiger partial charge on any atom is 0.223 e. The van der Waals surface area contributed by atoms with Gasteiger partial charge in [0.1, 0.15) is 11.3 Å². The summed E-state index contributed by atoms with van der Waals surface area (Å²) >= 11 is 0. The Kier molecular flexibility index (Phi) is 8.17. The zero-order chi connectivity index (χ0) is 27.8. The molecule has 2 saturated heterocycles. The number of allylic oxidation sites excluding steroid dienone is 1. The van der Waals surface area contributed by atoms with Crippen LogP contribution in [0, 0.1) is 24.2 Å². The third-order valence-electron chi connectivity index (χ3n) is 8.67. The van der Waals surface area contributed by atoms with E-state index in [0.717, 1.165) is 24.8 Å². The van der Waals surface area contributed by atoms with Crippen molar-refractivity contribution in [3.63, 3.8) is 0 Å². The largest absolute Gasteiger partial charge is 0.441 e. The van der Waals surface area contributed by atoms with Crippen molar-refractivity contribution >= 4 is 22.8 Å². The van der Waals surface area contributed by atoms with Crippen molar-refractivity contribution < 1.29 is 29.0 Å². The third kappa shape index (κ3) is 5.87. The minimum Gasteiger partial charge on any atom is -0.441 e. The van der Waals surface area contributed by atoms with Crippen LogP contribution >= 0.6 is 0 Å². The predicted octanol–water partition coefficient (Wildman–Crippen LogP) is 4.56. The molecule has 8 heteroatoms. The van der Waals surface area contributed by atoms with Crippen LogP contribution in [0.4, 0.5) is 0 Å². The summed E-state index contributed by atoms with van der Waals surface area (Å²) in [5, 5.41) is 25.3. The van der Waals surface area contributed by atoms with E-state index in [1.165, 1.54) is 0 Å². The Hall–Kier alpha value is -2.55. The van der Waals surface area contributed by atoms with Crippen LogP contribution in [-0.4, -0.2) is 50.8 Å². The molecular formula is C30H42N2O6. The fourth-order valence-electron chi connectivity index (χ4n) is 5.83. The second-order valence-corrected chi connectivity index (χ2v) is 12.0. The van der Waals surface area contributed by atoms with Crippen molar-refractivity contribution in [1.29, 1.82) is 0 Å². The average Bonchev–Trinajstić information content (AvgIpc) is 3.32. The number of nitrogens with zero attached hydrogens (tertiary/aromatic N) is 1. The number of hydrogen-bond acceptors (Lipinski definition) is 7. The van der Waals surface area contributed by atoms with Gasteiger partial charge in [-0.1, -0.05) is 39.3 Å². The maximum atomic E-state index is 13.6. The summed E-state index contributed by atoms with van der Waals surface area (Å²) in [6.45, 7) is 12.9. The molecule has 0 aliphatic carbocycles. The van der Waals surface area contributed by atoms with E-state index < -0.39 is 23.5 Å². The highest BCUT2D eigenvalue weighted by Crippen LogP contribution is 2.46. The van der Waals surface area contributed by atoms with E-state index in [4.69, 9.17) is 9.15 Å². The zero-order valence-corrected chi connectivity index (χ0v) is 23.2. The summed E-state index contributed by atoms with van der Waals surface area (Å²) in [4.78, 5) is 31.3. The van der Waals surface area contributed by atoms with Crippen LogP contribution in [0.1, 0.15) is 83.7 Å². The van der Waals surface area contributed by atoms with E-state index in [-0.39, 0.29) is 41.8 Å². The molecule has 0 saturated carbocycles. The van der Waals surface area contributed by atoms with Gasteiger partial charge in [-0.2, -0.15) is 0 Å². The van der Waals surface area contributed by atoms with Crippen LogP contribution in [0.25, 0.3) is 11.1 Å².